The summed E-state index contributed by atoms with van der Waals surface area (Å²) < 4.78 is 21.0. The van der Waals surface area contributed by atoms with Gasteiger partial charge in [0.05, 0.1) is 10.6 Å². The average molecular weight is 423 g/mol. The number of rotatable bonds is 5. The number of fused-ring (bicyclic) bond motifs is 1. The number of hydrogen-bond donors (Lipinski definition) is 0. The second-order valence-electron chi connectivity index (χ2n) is 8.15. The van der Waals surface area contributed by atoms with Gasteiger partial charge in [-0.25, -0.2) is 4.39 Å². The minimum atomic E-state index is -0.768. The van der Waals surface area contributed by atoms with Crippen LogP contribution in [0.1, 0.15) is 71.6 Å². The van der Waals surface area contributed by atoms with Crippen LogP contribution in [0.4, 0.5) is 4.39 Å². The Morgan fingerprint density at radius 1 is 1.31 bits per heavy atom. The predicted molar refractivity (Wildman–Crippen MR) is 110 cm³/mol. The summed E-state index contributed by atoms with van der Waals surface area (Å²) in [6.07, 6.45) is 3.40. The van der Waals surface area contributed by atoms with Crippen LogP contribution in [-0.4, -0.2) is 12.4 Å². The van der Waals surface area contributed by atoms with Crippen LogP contribution >= 0.6 is 15.9 Å². The molecule has 2 nitrogen and oxygen atoms in total. The Morgan fingerprint density at radius 2 is 1.92 bits per heavy atom. The Morgan fingerprint density at radius 3 is 2.42 bits per heavy atom. The molecule has 1 aliphatic rings. The van der Waals surface area contributed by atoms with Gasteiger partial charge < -0.3 is 4.74 Å². The molecule has 142 valence electrons. The number of carbonyl (C=O) groups excluding carboxylic acids is 1. The fourth-order valence-electron chi connectivity index (χ4n) is 3.49. The van der Waals surface area contributed by atoms with Crippen LogP contribution in [0.15, 0.2) is 22.4 Å². The van der Waals surface area contributed by atoms with Crippen LogP contribution in [0.2, 0.25) is 0 Å². The third-order valence-electron chi connectivity index (χ3n) is 4.88. The van der Waals surface area contributed by atoms with Crippen LogP contribution in [0.5, 0.6) is 5.75 Å². The standard InChI is InChI=1S/C22H28BrFO2/c1-12(2)15-8-9-22(6,7)19-17(15)10-16(14(5)18(24)11-25)21(20(19)23)26-13(3)4/h8,10-13H,9H2,1-7H3. The first kappa shape index (κ1) is 20.9. The highest BCUT2D eigenvalue weighted by Crippen LogP contribution is 2.50. The molecule has 0 bridgehead atoms. The van der Waals surface area contributed by atoms with Crippen molar-refractivity contribution in [2.45, 2.75) is 66.4 Å². The van der Waals surface area contributed by atoms with E-state index in [0.717, 1.165) is 16.5 Å². The fourth-order valence-corrected chi connectivity index (χ4v) is 4.55. The molecule has 0 atom stereocenters. The van der Waals surface area contributed by atoms with Gasteiger partial charge in [-0.3, -0.25) is 4.79 Å². The average Bonchev–Trinajstić information content (AvgIpc) is 2.54. The van der Waals surface area contributed by atoms with Crippen molar-refractivity contribution in [1.82, 2.24) is 0 Å². The molecule has 0 radical (unpaired) electrons. The number of aldehydes is 1. The number of carbonyl (C=O) groups is 1. The summed E-state index contributed by atoms with van der Waals surface area (Å²) in [5.41, 5.74) is 4.39. The van der Waals surface area contributed by atoms with Crippen LogP contribution in [0, 0.1) is 5.92 Å². The van der Waals surface area contributed by atoms with Gasteiger partial charge in [-0.05, 0) is 82.8 Å². The van der Waals surface area contributed by atoms with Crippen LogP contribution in [-0.2, 0) is 10.2 Å². The summed E-state index contributed by atoms with van der Waals surface area (Å²) in [5, 5.41) is 0. The van der Waals surface area contributed by atoms with E-state index >= 15 is 0 Å². The maximum absolute atomic E-state index is 14.1. The minimum Gasteiger partial charge on any atom is -0.489 e. The highest BCUT2D eigenvalue weighted by atomic mass is 79.9. The first-order chi connectivity index (χ1) is 12.0. The molecule has 0 saturated carbocycles. The maximum atomic E-state index is 14.1. The second-order valence-corrected chi connectivity index (χ2v) is 8.94. The molecule has 0 aliphatic heterocycles. The lowest BCUT2D eigenvalue weighted by molar-refractivity contribution is -0.106. The molecular formula is C22H28BrFO2. The van der Waals surface area contributed by atoms with Crippen LogP contribution in [0.25, 0.3) is 11.1 Å². The third kappa shape index (κ3) is 3.80. The predicted octanol–water partition coefficient (Wildman–Crippen LogP) is 6.86. The number of benzene rings is 1. The van der Waals surface area contributed by atoms with E-state index in [-0.39, 0.29) is 17.8 Å². The number of ether oxygens (including phenoxy) is 1. The lowest BCUT2D eigenvalue weighted by Crippen LogP contribution is -2.24. The Kier molecular flexibility index (Phi) is 6.17. The molecule has 2 rings (SSSR count). The van der Waals surface area contributed by atoms with E-state index in [1.807, 2.05) is 19.9 Å². The molecular weight excluding hydrogens is 395 g/mol. The van der Waals surface area contributed by atoms with Gasteiger partial charge in [-0.15, -0.1) is 0 Å². The lowest BCUT2D eigenvalue weighted by Gasteiger charge is -2.36. The zero-order valence-corrected chi connectivity index (χ0v) is 18.3. The summed E-state index contributed by atoms with van der Waals surface area (Å²) in [6, 6.07) is 1.99. The first-order valence-corrected chi connectivity index (χ1v) is 9.86. The first-order valence-electron chi connectivity index (χ1n) is 9.07. The zero-order chi connectivity index (χ0) is 19.8. The van der Waals surface area contributed by atoms with Crippen molar-refractivity contribution >= 4 is 33.4 Å². The Labute approximate surface area is 164 Å². The van der Waals surface area contributed by atoms with Gasteiger partial charge in [0.15, 0.2) is 12.1 Å². The summed E-state index contributed by atoms with van der Waals surface area (Å²) in [5.74, 6) is 0.184. The Hall–Kier alpha value is -1.42. The monoisotopic (exact) mass is 422 g/mol. The topological polar surface area (TPSA) is 26.3 Å². The van der Waals surface area contributed by atoms with E-state index in [0.29, 0.717) is 22.8 Å². The molecule has 1 aliphatic carbocycles. The van der Waals surface area contributed by atoms with Crippen LogP contribution in [0.3, 0.4) is 0 Å². The lowest BCUT2D eigenvalue weighted by atomic mass is 9.70. The van der Waals surface area contributed by atoms with Gasteiger partial charge in [-0.1, -0.05) is 33.8 Å². The SMILES string of the molecule is CC(=C(F)C=O)c1cc2c(c(Br)c1OC(C)C)C(C)(C)CC=C2C(C)C. The molecule has 0 aromatic heterocycles. The number of halogens is 2. The molecule has 0 fully saturated rings. The molecule has 0 unspecified atom stereocenters. The van der Waals surface area contributed by atoms with E-state index in [4.69, 9.17) is 4.74 Å². The molecule has 1 aromatic carbocycles. The molecule has 1 aromatic rings. The molecule has 0 spiro atoms. The van der Waals surface area contributed by atoms with Crippen molar-refractivity contribution in [2.75, 3.05) is 0 Å². The quantitative estimate of drug-likeness (QED) is 0.382. The van der Waals surface area contributed by atoms with Crippen molar-refractivity contribution in [2.24, 2.45) is 5.92 Å². The summed E-state index contributed by atoms with van der Waals surface area (Å²) in [6.45, 7) is 14.2. The normalized spacial score (nSPS) is 17.0. The van der Waals surface area contributed by atoms with Crippen molar-refractivity contribution in [1.29, 1.82) is 0 Å². The molecule has 0 N–H and O–H groups in total. The van der Waals surface area contributed by atoms with Crippen molar-refractivity contribution in [3.05, 3.63) is 39.1 Å². The maximum Gasteiger partial charge on any atom is 0.178 e. The van der Waals surface area contributed by atoms with E-state index in [2.05, 4.69) is 49.7 Å². The van der Waals surface area contributed by atoms with Crippen LogP contribution < -0.4 is 4.74 Å². The smallest absolute Gasteiger partial charge is 0.178 e. The van der Waals surface area contributed by atoms with Gasteiger partial charge in [-0.2, -0.15) is 0 Å². The second kappa shape index (κ2) is 7.67. The molecule has 26 heavy (non-hydrogen) atoms. The highest BCUT2D eigenvalue weighted by molar-refractivity contribution is 9.10. The van der Waals surface area contributed by atoms with Crippen molar-refractivity contribution in [3.8, 4) is 5.75 Å². The van der Waals surface area contributed by atoms with E-state index in [9.17, 15) is 9.18 Å². The zero-order valence-electron chi connectivity index (χ0n) is 16.7. The highest BCUT2D eigenvalue weighted by Gasteiger charge is 2.34. The van der Waals surface area contributed by atoms with Gasteiger partial charge in [0.25, 0.3) is 0 Å². The molecule has 0 saturated heterocycles. The number of allylic oxidation sites excluding steroid dienone is 4. The largest absolute Gasteiger partial charge is 0.489 e. The van der Waals surface area contributed by atoms with Crippen molar-refractivity contribution in [3.63, 3.8) is 0 Å². The van der Waals surface area contributed by atoms with E-state index in [1.54, 1.807) is 6.92 Å². The number of hydrogen-bond acceptors (Lipinski definition) is 2. The van der Waals surface area contributed by atoms with E-state index < -0.39 is 5.83 Å². The molecule has 0 heterocycles. The molecule has 0 amide bonds. The Bertz CT molecular complexity index is 786. The van der Waals surface area contributed by atoms with Crippen molar-refractivity contribution < 1.29 is 13.9 Å². The summed E-state index contributed by atoms with van der Waals surface area (Å²) in [4.78, 5) is 11.0. The third-order valence-corrected chi connectivity index (χ3v) is 5.64. The van der Waals surface area contributed by atoms with E-state index in [1.165, 1.54) is 11.1 Å². The van der Waals surface area contributed by atoms with Gasteiger partial charge in [0.2, 0.25) is 0 Å². The minimum absolute atomic E-state index is 0.0676. The summed E-state index contributed by atoms with van der Waals surface area (Å²) in [7, 11) is 0. The Balaban J connectivity index is 2.91. The van der Waals surface area contributed by atoms with Gasteiger partial charge in [0.1, 0.15) is 5.75 Å². The van der Waals surface area contributed by atoms with Gasteiger partial charge >= 0.3 is 0 Å². The molecule has 4 heteroatoms. The fraction of sp³-hybridized carbons (Fsp3) is 0.500. The van der Waals surface area contributed by atoms with Gasteiger partial charge in [0, 0.05) is 5.56 Å². The summed E-state index contributed by atoms with van der Waals surface area (Å²) >= 11 is 3.75.